The van der Waals surface area contributed by atoms with E-state index in [1.54, 1.807) is 0 Å². The lowest BCUT2D eigenvalue weighted by molar-refractivity contribution is 0.837. The summed E-state index contributed by atoms with van der Waals surface area (Å²) in [5.41, 5.74) is 14.5. The lowest BCUT2D eigenvalue weighted by Gasteiger charge is -1.98. The number of fused-ring (bicyclic) bond motifs is 1. The first-order valence-electron chi connectivity index (χ1n) is 4.87. The summed E-state index contributed by atoms with van der Waals surface area (Å²) in [6.45, 7) is 0.731. The van der Waals surface area contributed by atoms with Crippen LogP contribution in [-0.4, -0.2) is 11.5 Å². The number of benzene rings is 1. The molecule has 0 radical (unpaired) electrons. The Morgan fingerprint density at radius 2 is 2.14 bits per heavy atom. The first-order valence-corrected chi connectivity index (χ1v) is 4.87. The Hall–Kier alpha value is -1.48. The van der Waals surface area contributed by atoms with E-state index in [1.165, 1.54) is 10.9 Å². The lowest BCUT2D eigenvalue weighted by Crippen LogP contribution is -1.99. The van der Waals surface area contributed by atoms with Gasteiger partial charge < -0.3 is 16.5 Å². The first kappa shape index (κ1) is 9.09. The van der Waals surface area contributed by atoms with Gasteiger partial charge in [-0.1, -0.05) is 0 Å². The molecule has 0 atom stereocenters. The van der Waals surface area contributed by atoms with Crippen LogP contribution < -0.4 is 11.5 Å². The van der Waals surface area contributed by atoms with Gasteiger partial charge in [0, 0.05) is 22.8 Å². The summed E-state index contributed by atoms with van der Waals surface area (Å²) in [5.74, 6) is 0. The Morgan fingerprint density at radius 3 is 2.93 bits per heavy atom. The number of aromatic nitrogens is 1. The Kier molecular flexibility index (Phi) is 2.41. The monoisotopic (exact) mass is 189 g/mol. The first-order chi connectivity index (χ1) is 6.81. The molecule has 74 valence electrons. The number of nitrogen functional groups attached to an aromatic ring is 1. The third-order valence-electron chi connectivity index (χ3n) is 2.44. The van der Waals surface area contributed by atoms with Crippen LogP contribution in [0.5, 0.6) is 0 Å². The van der Waals surface area contributed by atoms with Gasteiger partial charge >= 0.3 is 0 Å². The second-order valence-electron chi connectivity index (χ2n) is 3.51. The van der Waals surface area contributed by atoms with Crippen molar-refractivity contribution in [2.75, 3.05) is 12.3 Å². The quantitative estimate of drug-likeness (QED) is 0.642. The van der Waals surface area contributed by atoms with Crippen molar-refractivity contribution in [3.8, 4) is 0 Å². The maximum absolute atomic E-state index is 5.74. The zero-order valence-corrected chi connectivity index (χ0v) is 8.09. The molecule has 2 rings (SSSR count). The minimum atomic E-state index is 0.731. The summed E-state index contributed by atoms with van der Waals surface area (Å²) in [5, 5.41) is 1.22. The Morgan fingerprint density at radius 1 is 1.29 bits per heavy atom. The second-order valence-corrected chi connectivity index (χ2v) is 3.51. The molecule has 3 nitrogen and oxygen atoms in total. The predicted molar refractivity (Wildman–Crippen MR) is 60.1 cm³/mol. The predicted octanol–water partition coefficient (Wildman–Crippen LogP) is 1.64. The molecule has 14 heavy (non-hydrogen) atoms. The van der Waals surface area contributed by atoms with E-state index in [0.717, 1.165) is 30.6 Å². The summed E-state index contributed by atoms with van der Waals surface area (Å²) in [7, 11) is 0. The normalized spacial score (nSPS) is 10.9. The van der Waals surface area contributed by atoms with Gasteiger partial charge in [-0.25, -0.2) is 0 Å². The van der Waals surface area contributed by atoms with Gasteiger partial charge in [-0.15, -0.1) is 0 Å². The number of nitrogens with one attached hydrogen (secondary N) is 1. The van der Waals surface area contributed by atoms with Crippen molar-refractivity contribution < 1.29 is 0 Å². The van der Waals surface area contributed by atoms with E-state index >= 15 is 0 Å². The molecule has 1 aromatic heterocycles. The molecule has 0 aliphatic heterocycles. The Bertz CT molecular complexity index is 431. The van der Waals surface area contributed by atoms with Crippen molar-refractivity contribution in [3.05, 3.63) is 30.0 Å². The highest BCUT2D eigenvalue weighted by atomic mass is 14.7. The third kappa shape index (κ3) is 1.59. The highest BCUT2D eigenvalue weighted by Crippen LogP contribution is 2.21. The van der Waals surface area contributed by atoms with Crippen LogP contribution in [0.1, 0.15) is 12.0 Å². The maximum Gasteiger partial charge on any atom is 0.0458 e. The molecule has 5 N–H and O–H groups in total. The second kappa shape index (κ2) is 3.72. The van der Waals surface area contributed by atoms with E-state index in [9.17, 15) is 0 Å². The van der Waals surface area contributed by atoms with Crippen LogP contribution in [0.2, 0.25) is 0 Å². The van der Waals surface area contributed by atoms with E-state index in [0.29, 0.717) is 0 Å². The highest BCUT2D eigenvalue weighted by Gasteiger charge is 2.02. The largest absolute Gasteiger partial charge is 0.399 e. The molecule has 0 aliphatic rings. The number of hydrogen-bond acceptors (Lipinski definition) is 2. The average Bonchev–Trinajstić information content (AvgIpc) is 2.57. The zero-order valence-electron chi connectivity index (χ0n) is 8.09. The van der Waals surface area contributed by atoms with Crippen LogP contribution in [0, 0.1) is 0 Å². The molecule has 0 bridgehead atoms. The van der Waals surface area contributed by atoms with Crippen molar-refractivity contribution in [3.63, 3.8) is 0 Å². The lowest BCUT2D eigenvalue weighted by atomic mass is 10.1. The number of aryl methyl sites for hydroxylation is 1. The topological polar surface area (TPSA) is 67.8 Å². The molecule has 2 aromatic rings. The number of aromatic amines is 1. The van der Waals surface area contributed by atoms with Crippen molar-refractivity contribution >= 4 is 16.6 Å². The van der Waals surface area contributed by atoms with Gasteiger partial charge in [0.2, 0.25) is 0 Å². The van der Waals surface area contributed by atoms with Crippen LogP contribution in [0.25, 0.3) is 10.9 Å². The van der Waals surface area contributed by atoms with Gasteiger partial charge in [0.25, 0.3) is 0 Å². The van der Waals surface area contributed by atoms with Gasteiger partial charge in [-0.05, 0) is 43.1 Å². The minimum absolute atomic E-state index is 0.731. The molecule has 0 unspecified atom stereocenters. The third-order valence-corrected chi connectivity index (χ3v) is 2.44. The highest BCUT2D eigenvalue weighted by molar-refractivity contribution is 5.86. The number of hydrogen-bond donors (Lipinski definition) is 3. The van der Waals surface area contributed by atoms with E-state index in [-0.39, 0.29) is 0 Å². The minimum Gasteiger partial charge on any atom is -0.399 e. The summed E-state index contributed by atoms with van der Waals surface area (Å²) in [6.07, 6.45) is 4.07. The average molecular weight is 189 g/mol. The zero-order chi connectivity index (χ0) is 9.97. The van der Waals surface area contributed by atoms with Crippen LogP contribution in [0.4, 0.5) is 5.69 Å². The molecular weight excluding hydrogens is 174 g/mol. The molecule has 3 heteroatoms. The standard InChI is InChI=1S/C11H15N3/c12-5-1-2-8-7-14-11-4-3-9(13)6-10(8)11/h3-4,6-7,14H,1-2,5,12-13H2. The smallest absolute Gasteiger partial charge is 0.0458 e. The number of H-pyrrole nitrogens is 1. The SMILES string of the molecule is NCCCc1c[nH]c2ccc(N)cc12. The van der Waals surface area contributed by atoms with Gasteiger partial charge in [0.05, 0.1) is 0 Å². The molecule has 0 saturated heterocycles. The Labute approximate surface area is 83.1 Å². The summed E-state index contributed by atoms with van der Waals surface area (Å²) < 4.78 is 0. The van der Waals surface area contributed by atoms with Crippen molar-refractivity contribution in [2.24, 2.45) is 5.73 Å². The van der Waals surface area contributed by atoms with Gasteiger partial charge in [-0.2, -0.15) is 0 Å². The van der Waals surface area contributed by atoms with E-state index in [1.807, 2.05) is 24.4 Å². The summed E-state index contributed by atoms with van der Waals surface area (Å²) in [6, 6.07) is 5.93. The van der Waals surface area contributed by atoms with Crippen molar-refractivity contribution in [2.45, 2.75) is 12.8 Å². The van der Waals surface area contributed by atoms with Crippen LogP contribution in [-0.2, 0) is 6.42 Å². The van der Waals surface area contributed by atoms with Gasteiger partial charge in [-0.3, -0.25) is 0 Å². The Balaban J connectivity index is 2.40. The number of rotatable bonds is 3. The van der Waals surface area contributed by atoms with Gasteiger partial charge in [0.1, 0.15) is 0 Å². The van der Waals surface area contributed by atoms with Crippen molar-refractivity contribution in [1.29, 1.82) is 0 Å². The van der Waals surface area contributed by atoms with Crippen LogP contribution >= 0.6 is 0 Å². The van der Waals surface area contributed by atoms with Gasteiger partial charge in [0.15, 0.2) is 0 Å². The fourth-order valence-electron chi connectivity index (χ4n) is 1.70. The maximum atomic E-state index is 5.74. The number of anilines is 1. The van der Waals surface area contributed by atoms with Crippen LogP contribution in [0.3, 0.4) is 0 Å². The molecule has 0 spiro atoms. The summed E-state index contributed by atoms with van der Waals surface area (Å²) >= 11 is 0. The molecule has 0 fully saturated rings. The molecule has 1 heterocycles. The van der Waals surface area contributed by atoms with Crippen LogP contribution in [0.15, 0.2) is 24.4 Å². The fourth-order valence-corrected chi connectivity index (χ4v) is 1.70. The van der Waals surface area contributed by atoms with E-state index < -0.39 is 0 Å². The van der Waals surface area contributed by atoms with E-state index in [2.05, 4.69) is 4.98 Å². The molecule has 0 aliphatic carbocycles. The summed E-state index contributed by atoms with van der Waals surface area (Å²) in [4.78, 5) is 3.23. The van der Waals surface area contributed by atoms with E-state index in [4.69, 9.17) is 11.5 Å². The van der Waals surface area contributed by atoms with Crippen molar-refractivity contribution in [1.82, 2.24) is 4.98 Å². The molecular formula is C11H15N3. The molecule has 0 saturated carbocycles. The molecule has 1 aromatic carbocycles. The fraction of sp³-hybridized carbons (Fsp3) is 0.273. The number of nitrogens with two attached hydrogens (primary N) is 2. The molecule has 0 amide bonds.